The Labute approximate surface area is 222 Å². The summed E-state index contributed by atoms with van der Waals surface area (Å²) >= 11 is 0. The maximum Gasteiger partial charge on any atom is 0.161 e. The molecule has 0 radical (unpaired) electrons. The van der Waals surface area contributed by atoms with Gasteiger partial charge in [0.1, 0.15) is 6.54 Å². The highest BCUT2D eigenvalue weighted by atomic mass is 127. The predicted molar refractivity (Wildman–Crippen MR) is 138 cm³/mol. The van der Waals surface area contributed by atoms with Crippen molar-refractivity contribution in [1.29, 1.82) is 0 Å². The molecule has 0 aromatic heterocycles. The van der Waals surface area contributed by atoms with Crippen molar-refractivity contribution in [3.05, 3.63) is 23.8 Å². The normalized spacial score (nSPS) is 14.3. The summed E-state index contributed by atoms with van der Waals surface area (Å²) < 4.78 is 12.8. The Morgan fingerprint density at radius 1 is 0.788 bits per heavy atom. The van der Waals surface area contributed by atoms with Gasteiger partial charge in [0.15, 0.2) is 11.5 Å². The Morgan fingerprint density at radius 3 is 1.88 bits per heavy atom. The second-order valence-electron chi connectivity index (χ2n) is 10.6. The minimum Gasteiger partial charge on any atom is -1.00 e. The third kappa shape index (κ3) is 12.2. The summed E-state index contributed by atoms with van der Waals surface area (Å²) in [5.74, 6) is 1.78. The standard InChI is InChI=1S/C29H52NO2.HI/c1-5-6-7-8-9-10-11-12-13-14-15-18-23-32-28-22-21-26(24-29(28)31-4)25-30(2,3)27-19-16-17-20-27;/h21-22,24,27H,5-20,23,25H2,1-4H3;1H/q+1;/p-1. The molecule has 1 aromatic carbocycles. The lowest BCUT2D eigenvalue weighted by Gasteiger charge is -2.36. The van der Waals surface area contributed by atoms with Gasteiger partial charge in [-0.3, -0.25) is 0 Å². The van der Waals surface area contributed by atoms with Gasteiger partial charge >= 0.3 is 0 Å². The first-order valence-corrected chi connectivity index (χ1v) is 13.7. The van der Waals surface area contributed by atoms with E-state index in [2.05, 4.69) is 39.2 Å². The Balaban J connectivity index is 0.00000544. The molecule has 2 rings (SSSR count). The fourth-order valence-electron chi connectivity index (χ4n) is 5.26. The summed E-state index contributed by atoms with van der Waals surface area (Å²) in [6.45, 7) is 4.13. The minimum absolute atomic E-state index is 0. The van der Waals surface area contributed by atoms with Gasteiger partial charge in [-0.2, -0.15) is 0 Å². The summed E-state index contributed by atoms with van der Waals surface area (Å²) in [6.07, 6.45) is 21.9. The second kappa shape index (κ2) is 17.9. The van der Waals surface area contributed by atoms with Gasteiger partial charge in [0.2, 0.25) is 0 Å². The van der Waals surface area contributed by atoms with E-state index in [0.29, 0.717) is 0 Å². The Bertz CT molecular complexity index is 614. The van der Waals surface area contributed by atoms with Crippen molar-refractivity contribution in [2.45, 2.75) is 122 Å². The van der Waals surface area contributed by atoms with Crippen molar-refractivity contribution >= 4 is 0 Å². The third-order valence-corrected chi connectivity index (χ3v) is 7.39. The van der Waals surface area contributed by atoms with E-state index in [1.54, 1.807) is 7.11 Å². The Hall–Kier alpha value is -0.490. The molecule has 0 bridgehead atoms. The molecular formula is C29H52INO2. The molecule has 0 heterocycles. The van der Waals surface area contributed by atoms with Crippen LogP contribution in [0.25, 0.3) is 0 Å². The second-order valence-corrected chi connectivity index (χ2v) is 10.6. The number of hydrogen-bond donors (Lipinski definition) is 0. The fourth-order valence-corrected chi connectivity index (χ4v) is 5.26. The van der Waals surface area contributed by atoms with Crippen LogP contribution < -0.4 is 33.5 Å². The van der Waals surface area contributed by atoms with E-state index in [-0.39, 0.29) is 24.0 Å². The first-order chi connectivity index (χ1) is 15.6. The van der Waals surface area contributed by atoms with Crippen molar-refractivity contribution < 1.29 is 37.9 Å². The zero-order chi connectivity index (χ0) is 23.1. The van der Waals surface area contributed by atoms with Gasteiger partial charge < -0.3 is 37.9 Å². The van der Waals surface area contributed by atoms with Gasteiger partial charge in [0, 0.05) is 5.56 Å². The summed E-state index contributed by atoms with van der Waals surface area (Å²) in [5, 5.41) is 0. The molecule has 0 spiro atoms. The first-order valence-electron chi connectivity index (χ1n) is 13.7. The molecule has 0 atom stereocenters. The van der Waals surface area contributed by atoms with Crippen LogP contribution in [-0.2, 0) is 6.54 Å². The van der Waals surface area contributed by atoms with Gasteiger partial charge in [-0.25, -0.2) is 0 Å². The molecule has 192 valence electrons. The number of methoxy groups -OCH3 is 1. The van der Waals surface area contributed by atoms with E-state index in [1.807, 2.05) is 0 Å². The first kappa shape index (κ1) is 30.5. The Morgan fingerprint density at radius 2 is 1.33 bits per heavy atom. The summed E-state index contributed by atoms with van der Waals surface area (Å²) in [7, 11) is 6.51. The Kier molecular flexibility index (Phi) is 16.5. The van der Waals surface area contributed by atoms with Gasteiger partial charge in [-0.05, 0) is 50.3 Å². The molecular weight excluding hydrogens is 521 g/mol. The number of hydrogen-bond acceptors (Lipinski definition) is 2. The van der Waals surface area contributed by atoms with Crippen LogP contribution in [0.15, 0.2) is 18.2 Å². The molecule has 0 N–H and O–H groups in total. The van der Waals surface area contributed by atoms with Crippen LogP contribution in [0.5, 0.6) is 11.5 Å². The average Bonchev–Trinajstić information content (AvgIpc) is 3.33. The monoisotopic (exact) mass is 573 g/mol. The van der Waals surface area contributed by atoms with E-state index in [1.165, 1.54) is 102 Å². The van der Waals surface area contributed by atoms with Crippen molar-refractivity contribution in [3.63, 3.8) is 0 Å². The average molecular weight is 574 g/mol. The number of nitrogens with zero attached hydrogens (tertiary/aromatic N) is 1. The van der Waals surface area contributed by atoms with Crippen molar-refractivity contribution in [2.75, 3.05) is 27.8 Å². The molecule has 3 nitrogen and oxygen atoms in total. The number of benzene rings is 1. The van der Waals surface area contributed by atoms with Crippen molar-refractivity contribution in [1.82, 2.24) is 0 Å². The highest BCUT2D eigenvalue weighted by Gasteiger charge is 2.31. The summed E-state index contributed by atoms with van der Waals surface area (Å²) in [6, 6.07) is 7.33. The van der Waals surface area contributed by atoms with Crippen LogP contribution in [-0.4, -0.2) is 38.3 Å². The molecule has 4 heteroatoms. The number of quaternary nitrogens is 1. The predicted octanol–water partition coefficient (Wildman–Crippen LogP) is 5.30. The number of rotatable bonds is 18. The van der Waals surface area contributed by atoms with Crippen molar-refractivity contribution in [3.8, 4) is 11.5 Å². The van der Waals surface area contributed by atoms with Gasteiger partial charge in [0.25, 0.3) is 0 Å². The maximum absolute atomic E-state index is 6.07. The SMILES string of the molecule is CCCCCCCCCCCCCCOc1ccc(C[N+](C)(C)C2CCCC2)cc1OC.[I-]. The lowest BCUT2D eigenvalue weighted by atomic mass is 10.1. The van der Waals surface area contributed by atoms with Crippen molar-refractivity contribution in [2.24, 2.45) is 0 Å². The molecule has 0 aliphatic heterocycles. The van der Waals surface area contributed by atoms with Gasteiger partial charge in [0.05, 0.1) is 33.9 Å². The molecule has 1 aromatic rings. The van der Waals surface area contributed by atoms with Crippen LogP contribution in [0.4, 0.5) is 0 Å². The number of halogens is 1. The molecule has 1 aliphatic rings. The van der Waals surface area contributed by atoms with E-state index in [0.717, 1.165) is 41.6 Å². The van der Waals surface area contributed by atoms with E-state index >= 15 is 0 Å². The zero-order valence-corrected chi connectivity index (χ0v) is 24.3. The molecule has 0 amide bonds. The molecule has 33 heavy (non-hydrogen) atoms. The molecule has 0 unspecified atom stereocenters. The van der Waals surface area contributed by atoms with E-state index < -0.39 is 0 Å². The topological polar surface area (TPSA) is 18.5 Å². The van der Waals surface area contributed by atoms with Gasteiger partial charge in [-0.15, -0.1) is 0 Å². The smallest absolute Gasteiger partial charge is 0.161 e. The molecule has 1 fully saturated rings. The zero-order valence-electron chi connectivity index (χ0n) is 22.2. The van der Waals surface area contributed by atoms with Crippen LogP contribution >= 0.6 is 0 Å². The van der Waals surface area contributed by atoms with Crippen LogP contribution in [0, 0.1) is 0 Å². The highest BCUT2D eigenvalue weighted by Crippen LogP contribution is 2.32. The largest absolute Gasteiger partial charge is 1.00 e. The third-order valence-electron chi connectivity index (χ3n) is 7.39. The molecule has 0 saturated heterocycles. The van der Waals surface area contributed by atoms with Crippen LogP contribution in [0.1, 0.15) is 115 Å². The molecule has 1 aliphatic carbocycles. The van der Waals surface area contributed by atoms with Crippen LogP contribution in [0.3, 0.4) is 0 Å². The van der Waals surface area contributed by atoms with E-state index in [9.17, 15) is 0 Å². The summed E-state index contributed by atoms with van der Waals surface area (Å²) in [5.41, 5.74) is 1.34. The summed E-state index contributed by atoms with van der Waals surface area (Å²) in [4.78, 5) is 0. The number of ether oxygens (including phenoxy) is 2. The van der Waals surface area contributed by atoms with E-state index in [4.69, 9.17) is 9.47 Å². The lowest BCUT2D eigenvalue weighted by Crippen LogP contribution is -3.00. The number of unbranched alkanes of at least 4 members (excludes halogenated alkanes) is 11. The quantitative estimate of drug-likeness (QED) is 0.135. The molecule has 1 saturated carbocycles. The fraction of sp³-hybridized carbons (Fsp3) is 0.793. The highest BCUT2D eigenvalue weighted by molar-refractivity contribution is 5.42. The van der Waals surface area contributed by atoms with Crippen LogP contribution in [0.2, 0.25) is 0 Å². The van der Waals surface area contributed by atoms with Gasteiger partial charge in [-0.1, -0.05) is 77.6 Å². The lowest BCUT2D eigenvalue weighted by molar-refractivity contribution is -0.927. The maximum atomic E-state index is 6.07. The minimum atomic E-state index is 0.